The maximum absolute atomic E-state index is 5.85. The number of benzene rings is 1. The molecule has 19 heavy (non-hydrogen) atoms. The molecular weight excluding hydrogens is 258 g/mol. The van der Waals surface area contributed by atoms with Crippen molar-refractivity contribution < 1.29 is 9.47 Å². The van der Waals surface area contributed by atoms with Gasteiger partial charge in [0.15, 0.2) is 11.5 Å². The van der Waals surface area contributed by atoms with E-state index < -0.39 is 0 Å². The van der Waals surface area contributed by atoms with Crippen LogP contribution in [-0.4, -0.2) is 13.7 Å². The molecule has 3 nitrogen and oxygen atoms in total. The summed E-state index contributed by atoms with van der Waals surface area (Å²) in [6.45, 7) is 4.48. The highest BCUT2D eigenvalue weighted by molar-refractivity contribution is 7.09. The third-order valence-electron chi connectivity index (χ3n) is 2.76. The molecule has 0 saturated heterocycles. The van der Waals surface area contributed by atoms with Crippen LogP contribution < -0.4 is 14.8 Å². The Kier molecular flexibility index (Phi) is 5.24. The zero-order valence-corrected chi connectivity index (χ0v) is 12.1. The Morgan fingerprint density at radius 1 is 1.21 bits per heavy atom. The predicted octanol–water partition coefficient (Wildman–Crippen LogP) is 3.45. The van der Waals surface area contributed by atoms with E-state index in [1.54, 1.807) is 18.4 Å². The number of hydrogen-bond donors (Lipinski definition) is 1. The lowest BCUT2D eigenvalue weighted by Crippen LogP contribution is -2.11. The molecule has 1 heterocycles. The summed E-state index contributed by atoms with van der Waals surface area (Å²) in [7, 11) is 1.66. The molecule has 1 N–H and O–H groups in total. The second kappa shape index (κ2) is 7.16. The van der Waals surface area contributed by atoms with E-state index in [1.807, 2.05) is 18.2 Å². The highest BCUT2D eigenvalue weighted by Crippen LogP contribution is 2.29. The number of thiophene rings is 1. The van der Waals surface area contributed by atoms with Gasteiger partial charge in [-0.1, -0.05) is 19.1 Å². The van der Waals surface area contributed by atoms with Crippen LogP contribution in [0.3, 0.4) is 0 Å². The minimum atomic E-state index is 0.582. The summed E-state index contributed by atoms with van der Waals surface area (Å²) in [4.78, 5) is 1.21. The SMILES string of the molecule is CCNCc1ccc(OC)c(OCc2cccs2)c1. The average Bonchev–Trinajstić information content (AvgIpc) is 2.96. The minimum absolute atomic E-state index is 0.582. The second-order valence-electron chi connectivity index (χ2n) is 4.13. The van der Waals surface area contributed by atoms with Crippen molar-refractivity contribution in [2.24, 2.45) is 0 Å². The number of nitrogens with one attached hydrogen (secondary N) is 1. The minimum Gasteiger partial charge on any atom is -0.493 e. The maximum Gasteiger partial charge on any atom is 0.162 e. The standard InChI is InChI=1S/C15H19NO2S/c1-3-16-10-12-6-7-14(17-2)15(9-12)18-11-13-5-4-8-19-13/h4-9,16H,3,10-11H2,1-2H3. The van der Waals surface area contributed by atoms with Crippen LogP contribution in [0.2, 0.25) is 0 Å². The smallest absolute Gasteiger partial charge is 0.162 e. The lowest BCUT2D eigenvalue weighted by Gasteiger charge is -2.12. The lowest BCUT2D eigenvalue weighted by molar-refractivity contribution is 0.287. The molecule has 0 atom stereocenters. The number of ether oxygens (including phenoxy) is 2. The second-order valence-corrected chi connectivity index (χ2v) is 5.17. The van der Waals surface area contributed by atoms with Crippen molar-refractivity contribution in [1.29, 1.82) is 0 Å². The molecule has 0 bridgehead atoms. The van der Waals surface area contributed by atoms with Crippen LogP contribution in [0, 0.1) is 0 Å². The quantitative estimate of drug-likeness (QED) is 0.841. The van der Waals surface area contributed by atoms with Gasteiger partial charge in [0.2, 0.25) is 0 Å². The van der Waals surface area contributed by atoms with Gasteiger partial charge in [-0.15, -0.1) is 11.3 Å². The van der Waals surface area contributed by atoms with Gasteiger partial charge in [0, 0.05) is 11.4 Å². The van der Waals surface area contributed by atoms with Crippen LogP contribution in [0.5, 0.6) is 11.5 Å². The van der Waals surface area contributed by atoms with Gasteiger partial charge in [0.05, 0.1) is 7.11 Å². The van der Waals surface area contributed by atoms with Gasteiger partial charge in [0.1, 0.15) is 6.61 Å². The third kappa shape index (κ3) is 3.98. The molecule has 0 fully saturated rings. The predicted molar refractivity (Wildman–Crippen MR) is 79.0 cm³/mol. The Labute approximate surface area is 118 Å². The Balaban J connectivity index is 2.07. The highest BCUT2D eigenvalue weighted by atomic mass is 32.1. The number of hydrogen-bond acceptors (Lipinski definition) is 4. The van der Waals surface area contributed by atoms with Gasteiger partial charge in [0.25, 0.3) is 0 Å². The Hall–Kier alpha value is -1.52. The third-order valence-corrected chi connectivity index (χ3v) is 3.61. The van der Waals surface area contributed by atoms with Crippen molar-refractivity contribution in [3.05, 3.63) is 46.2 Å². The molecule has 0 spiro atoms. The van der Waals surface area contributed by atoms with Gasteiger partial charge in [-0.25, -0.2) is 0 Å². The van der Waals surface area contributed by atoms with Crippen LogP contribution in [0.4, 0.5) is 0 Å². The summed E-state index contributed by atoms with van der Waals surface area (Å²) in [6, 6.07) is 10.1. The normalized spacial score (nSPS) is 10.4. The van der Waals surface area contributed by atoms with E-state index in [4.69, 9.17) is 9.47 Å². The molecule has 0 aliphatic carbocycles. The number of methoxy groups -OCH3 is 1. The molecule has 1 aromatic carbocycles. The fourth-order valence-electron chi connectivity index (χ4n) is 1.76. The van der Waals surface area contributed by atoms with Crippen molar-refractivity contribution in [2.75, 3.05) is 13.7 Å². The average molecular weight is 277 g/mol. The first kappa shape index (κ1) is 13.9. The molecule has 1 aromatic heterocycles. The molecule has 4 heteroatoms. The fourth-order valence-corrected chi connectivity index (χ4v) is 2.37. The van der Waals surface area contributed by atoms with Crippen molar-refractivity contribution in [3.8, 4) is 11.5 Å². The molecule has 0 unspecified atom stereocenters. The summed E-state index contributed by atoms with van der Waals surface area (Å²) < 4.78 is 11.2. The maximum atomic E-state index is 5.85. The van der Waals surface area contributed by atoms with Gasteiger partial charge in [-0.05, 0) is 35.7 Å². The van der Waals surface area contributed by atoms with Crippen LogP contribution in [0.1, 0.15) is 17.4 Å². The van der Waals surface area contributed by atoms with E-state index in [1.165, 1.54) is 10.4 Å². The van der Waals surface area contributed by atoms with Crippen LogP contribution in [0.25, 0.3) is 0 Å². The van der Waals surface area contributed by atoms with E-state index in [0.29, 0.717) is 6.61 Å². The summed E-state index contributed by atoms with van der Waals surface area (Å²) in [5, 5.41) is 5.36. The first-order valence-corrected chi connectivity index (χ1v) is 7.24. The molecule has 102 valence electrons. The molecular formula is C15H19NO2S. The number of rotatable bonds is 7. The highest BCUT2D eigenvalue weighted by Gasteiger charge is 2.06. The largest absolute Gasteiger partial charge is 0.493 e. The van der Waals surface area contributed by atoms with Crippen LogP contribution in [-0.2, 0) is 13.2 Å². The van der Waals surface area contributed by atoms with E-state index >= 15 is 0 Å². The van der Waals surface area contributed by atoms with Crippen LogP contribution >= 0.6 is 11.3 Å². The topological polar surface area (TPSA) is 30.5 Å². The van der Waals surface area contributed by atoms with Crippen molar-refractivity contribution in [1.82, 2.24) is 5.32 Å². The van der Waals surface area contributed by atoms with Crippen molar-refractivity contribution in [3.63, 3.8) is 0 Å². The Morgan fingerprint density at radius 2 is 2.11 bits per heavy atom. The molecule has 0 saturated carbocycles. The van der Waals surface area contributed by atoms with E-state index in [2.05, 4.69) is 29.8 Å². The zero-order valence-electron chi connectivity index (χ0n) is 11.3. The van der Waals surface area contributed by atoms with Crippen molar-refractivity contribution >= 4 is 11.3 Å². The molecule has 0 aliphatic rings. The van der Waals surface area contributed by atoms with Gasteiger partial charge < -0.3 is 14.8 Å². The fraction of sp³-hybridized carbons (Fsp3) is 0.333. The molecule has 2 rings (SSSR count). The molecule has 0 radical (unpaired) electrons. The van der Waals surface area contributed by atoms with Gasteiger partial charge in [-0.3, -0.25) is 0 Å². The first-order valence-electron chi connectivity index (χ1n) is 6.36. The lowest BCUT2D eigenvalue weighted by atomic mass is 10.2. The molecule has 2 aromatic rings. The Bertz CT molecular complexity index is 497. The summed E-state index contributed by atoms with van der Waals surface area (Å²) >= 11 is 1.70. The van der Waals surface area contributed by atoms with Gasteiger partial charge in [-0.2, -0.15) is 0 Å². The summed E-state index contributed by atoms with van der Waals surface area (Å²) in [6.07, 6.45) is 0. The van der Waals surface area contributed by atoms with E-state index in [0.717, 1.165) is 24.6 Å². The van der Waals surface area contributed by atoms with Gasteiger partial charge >= 0.3 is 0 Å². The first-order chi connectivity index (χ1) is 9.33. The zero-order chi connectivity index (χ0) is 13.5. The summed E-state index contributed by atoms with van der Waals surface area (Å²) in [5.74, 6) is 1.57. The molecule has 0 amide bonds. The monoisotopic (exact) mass is 277 g/mol. The van der Waals surface area contributed by atoms with E-state index in [-0.39, 0.29) is 0 Å². The van der Waals surface area contributed by atoms with Crippen LogP contribution in [0.15, 0.2) is 35.7 Å². The molecule has 0 aliphatic heterocycles. The van der Waals surface area contributed by atoms with E-state index in [9.17, 15) is 0 Å². The van der Waals surface area contributed by atoms with Crippen molar-refractivity contribution in [2.45, 2.75) is 20.1 Å². The summed E-state index contributed by atoms with van der Waals surface area (Å²) in [5.41, 5.74) is 1.20. The Morgan fingerprint density at radius 3 is 2.79 bits per heavy atom.